The second-order valence-electron chi connectivity index (χ2n) is 2.54. The Balaban J connectivity index is 3.79. The van der Waals surface area contributed by atoms with E-state index in [2.05, 4.69) is 0 Å². The molecule has 0 spiro atoms. The van der Waals surface area contributed by atoms with Crippen molar-refractivity contribution >= 4 is 18.9 Å². The van der Waals surface area contributed by atoms with E-state index >= 15 is 0 Å². The van der Waals surface area contributed by atoms with Gasteiger partial charge in [-0.15, -0.1) is 0 Å². The molecule has 0 unspecified atom stereocenters. The van der Waals surface area contributed by atoms with Crippen molar-refractivity contribution in [2.24, 2.45) is 0 Å². The molecule has 15 heavy (non-hydrogen) atoms. The van der Waals surface area contributed by atoms with Crippen LogP contribution in [0.25, 0.3) is 0 Å². The standard InChI is InChI=1S/C9H3F3O3/c10-7-4(1-13)8(11)6(3-15)9(12)5(7)2-14/h1-3H. The van der Waals surface area contributed by atoms with E-state index in [4.69, 9.17) is 0 Å². The van der Waals surface area contributed by atoms with E-state index in [-0.39, 0.29) is 18.9 Å². The fourth-order valence-corrected chi connectivity index (χ4v) is 1.03. The van der Waals surface area contributed by atoms with Crippen molar-refractivity contribution in [3.63, 3.8) is 0 Å². The van der Waals surface area contributed by atoms with Crippen LogP contribution < -0.4 is 0 Å². The Bertz CT molecular complexity index is 367. The van der Waals surface area contributed by atoms with Crippen LogP contribution in [-0.2, 0) is 0 Å². The number of aldehydes is 3. The Morgan fingerprint density at radius 2 is 0.800 bits per heavy atom. The van der Waals surface area contributed by atoms with Crippen LogP contribution in [0.15, 0.2) is 0 Å². The largest absolute Gasteiger partial charge is 0.298 e. The molecule has 0 amide bonds. The maximum absolute atomic E-state index is 13.1. The number of rotatable bonds is 3. The van der Waals surface area contributed by atoms with Crippen LogP contribution in [-0.4, -0.2) is 18.9 Å². The van der Waals surface area contributed by atoms with Crippen molar-refractivity contribution in [2.45, 2.75) is 0 Å². The summed E-state index contributed by atoms with van der Waals surface area (Å²) in [6.07, 6.45) is -0.696. The average molecular weight is 216 g/mol. The van der Waals surface area contributed by atoms with Gasteiger partial charge >= 0.3 is 0 Å². The van der Waals surface area contributed by atoms with Gasteiger partial charge in [-0.25, -0.2) is 13.2 Å². The zero-order valence-corrected chi connectivity index (χ0v) is 7.09. The molecule has 1 aromatic rings. The quantitative estimate of drug-likeness (QED) is 0.720. The van der Waals surface area contributed by atoms with Crippen LogP contribution in [0, 0.1) is 17.5 Å². The summed E-state index contributed by atoms with van der Waals surface area (Å²) < 4.78 is 39.2. The van der Waals surface area contributed by atoms with Crippen LogP contribution in [0.3, 0.4) is 0 Å². The van der Waals surface area contributed by atoms with E-state index < -0.39 is 34.1 Å². The minimum absolute atomic E-state index is 0.232. The van der Waals surface area contributed by atoms with E-state index in [1.54, 1.807) is 0 Å². The highest BCUT2D eigenvalue weighted by atomic mass is 19.1. The molecule has 0 atom stereocenters. The number of hydrogen-bond donors (Lipinski definition) is 0. The Labute approximate surface area is 81.5 Å². The third-order valence-electron chi connectivity index (χ3n) is 1.77. The van der Waals surface area contributed by atoms with Crippen LogP contribution >= 0.6 is 0 Å². The third-order valence-corrected chi connectivity index (χ3v) is 1.77. The first kappa shape index (κ1) is 11.1. The molecule has 0 N–H and O–H groups in total. The van der Waals surface area contributed by atoms with Crippen molar-refractivity contribution in [1.82, 2.24) is 0 Å². The molecule has 3 nitrogen and oxygen atoms in total. The smallest absolute Gasteiger partial charge is 0.156 e. The van der Waals surface area contributed by atoms with Gasteiger partial charge in [0.1, 0.15) is 17.5 Å². The van der Waals surface area contributed by atoms with Gasteiger partial charge < -0.3 is 0 Å². The molecule has 0 aliphatic heterocycles. The lowest BCUT2D eigenvalue weighted by Gasteiger charge is -2.05. The van der Waals surface area contributed by atoms with E-state index in [0.717, 1.165) is 0 Å². The SMILES string of the molecule is O=Cc1c(F)c(C=O)c(F)c(C=O)c1F. The highest BCUT2D eigenvalue weighted by Crippen LogP contribution is 2.21. The molecule has 1 rings (SSSR count). The predicted molar refractivity (Wildman–Crippen MR) is 42.5 cm³/mol. The topological polar surface area (TPSA) is 51.2 Å². The number of halogens is 3. The summed E-state index contributed by atoms with van der Waals surface area (Å²) in [6, 6.07) is 0. The lowest BCUT2D eigenvalue weighted by atomic mass is 10.0. The molecular formula is C9H3F3O3. The van der Waals surface area contributed by atoms with Crippen LogP contribution in [0.5, 0.6) is 0 Å². The molecule has 0 saturated carbocycles. The Kier molecular flexibility index (Phi) is 2.99. The molecule has 0 fully saturated rings. The zero-order chi connectivity index (χ0) is 11.6. The summed E-state index contributed by atoms with van der Waals surface area (Å²) in [5, 5.41) is 0. The second kappa shape index (κ2) is 4.04. The molecule has 0 heterocycles. The molecule has 0 saturated heterocycles. The Hall–Kier alpha value is -1.98. The van der Waals surface area contributed by atoms with Gasteiger partial charge in [-0.3, -0.25) is 14.4 Å². The first-order valence-corrected chi connectivity index (χ1v) is 3.64. The summed E-state index contributed by atoms with van der Waals surface area (Å²) in [5.74, 6) is -4.83. The fraction of sp³-hybridized carbons (Fsp3) is 0. The fourth-order valence-electron chi connectivity index (χ4n) is 1.03. The molecule has 6 heteroatoms. The monoisotopic (exact) mass is 216 g/mol. The molecule has 0 aromatic heterocycles. The van der Waals surface area contributed by atoms with Crippen LogP contribution in [0.4, 0.5) is 13.2 Å². The van der Waals surface area contributed by atoms with Crippen molar-refractivity contribution in [3.05, 3.63) is 34.1 Å². The van der Waals surface area contributed by atoms with Gasteiger partial charge in [0, 0.05) is 0 Å². The lowest BCUT2D eigenvalue weighted by Crippen LogP contribution is -2.08. The molecule has 0 aliphatic rings. The Morgan fingerprint density at radius 1 is 0.600 bits per heavy atom. The van der Waals surface area contributed by atoms with Gasteiger partial charge in [-0.05, 0) is 0 Å². The number of benzene rings is 1. The van der Waals surface area contributed by atoms with Crippen LogP contribution in [0.1, 0.15) is 31.1 Å². The summed E-state index contributed by atoms with van der Waals surface area (Å²) in [5.41, 5.74) is -3.42. The number of hydrogen-bond acceptors (Lipinski definition) is 3. The van der Waals surface area contributed by atoms with Crippen molar-refractivity contribution in [1.29, 1.82) is 0 Å². The van der Waals surface area contributed by atoms with Gasteiger partial charge in [-0.2, -0.15) is 0 Å². The first-order valence-electron chi connectivity index (χ1n) is 3.64. The summed E-state index contributed by atoms with van der Waals surface area (Å²) in [7, 11) is 0. The maximum atomic E-state index is 13.1. The van der Waals surface area contributed by atoms with Crippen molar-refractivity contribution in [2.75, 3.05) is 0 Å². The average Bonchev–Trinajstić information content (AvgIpc) is 2.19. The summed E-state index contributed by atoms with van der Waals surface area (Å²) in [6.45, 7) is 0. The first-order chi connectivity index (χ1) is 7.08. The maximum Gasteiger partial charge on any atom is 0.156 e. The minimum Gasteiger partial charge on any atom is -0.298 e. The van der Waals surface area contributed by atoms with Gasteiger partial charge in [0.25, 0.3) is 0 Å². The molecule has 0 aliphatic carbocycles. The van der Waals surface area contributed by atoms with Gasteiger partial charge in [0.15, 0.2) is 18.9 Å². The molecular weight excluding hydrogens is 213 g/mol. The molecule has 1 aromatic carbocycles. The predicted octanol–water partition coefficient (Wildman–Crippen LogP) is 1.54. The van der Waals surface area contributed by atoms with Crippen LogP contribution in [0.2, 0.25) is 0 Å². The Morgan fingerprint density at radius 3 is 0.933 bits per heavy atom. The lowest BCUT2D eigenvalue weighted by molar-refractivity contribution is 0.111. The highest BCUT2D eigenvalue weighted by Gasteiger charge is 2.23. The molecule has 0 bridgehead atoms. The summed E-state index contributed by atoms with van der Waals surface area (Å²) in [4.78, 5) is 30.8. The third kappa shape index (κ3) is 1.54. The van der Waals surface area contributed by atoms with E-state index in [0.29, 0.717) is 0 Å². The van der Waals surface area contributed by atoms with E-state index in [1.807, 2.05) is 0 Å². The molecule has 0 radical (unpaired) electrons. The molecule has 78 valence electrons. The second-order valence-corrected chi connectivity index (χ2v) is 2.54. The van der Waals surface area contributed by atoms with Gasteiger partial charge in [-0.1, -0.05) is 0 Å². The van der Waals surface area contributed by atoms with Gasteiger partial charge in [0.05, 0.1) is 16.7 Å². The van der Waals surface area contributed by atoms with Gasteiger partial charge in [0.2, 0.25) is 0 Å². The zero-order valence-electron chi connectivity index (χ0n) is 7.09. The van der Waals surface area contributed by atoms with E-state index in [1.165, 1.54) is 0 Å². The normalized spacial score (nSPS) is 9.80. The number of carbonyl (C=O) groups excluding carboxylic acids is 3. The van der Waals surface area contributed by atoms with E-state index in [9.17, 15) is 27.6 Å². The van der Waals surface area contributed by atoms with Crippen molar-refractivity contribution in [3.8, 4) is 0 Å². The van der Waals surface area contributed by atoms with Crippen molar-refractivity contribution < 1.29 is 27.6 Å². The summed E-state index contributed by atoms with van der Waals surface area (Å²) >= 11 is 0. The minimum atomic E-state index is -1.61. The number of carbonyl (C=O) groups is 3. The highest BCUT2D eigenvalue weighted by molar-refractivity contribution is 5.89.